The molecule has 1 N–H and O–H groups in total. The first kappa shape index (κ1) is 28.7. The van der Waals surface area contributed by atoms with Gasteiger partial charge in [-0.3, -0.25) is 4.79 Å². The zero-order chi connectivity index (χ0) is 28.5. The predicted molar refractivity (Wildman–Crippen MR) is 147 cm³/mol. The number of amides is 1. The van der Waals surface area contributed by atoms with Crippen LogP contribution in [0.2, 0.25) is 5.02 Å². The van der Waals surface area contributed by atoms with E-state index in [0.717, 1.165) is 18.5 Å². The second-order valence-electron chi connectivity index (χ2n) is 10.6. The molecule has 2 saturated heterocycles. The molecule has 11 nitrogen and oxygen atoms in total. The highest BCUT2D eigenvalue weighted by Gasteiger charge is 2.50. The summed E-state index contributed by atoms with van der Waals surface area (Å²) in [5.41, 5.74) is -0.104. The number of nitriles is 1. The number of sulfone groups is 1. The van der Waals surface area contributed by atoms with Gasteiger partial charge in [-0.15, -0.1) is 0 Å². The molecule has 1 aliphatic carbocycles. The van der Waals surface area contributed by atoms with E-state index in [9.17, 15) is 18.5 Å². The van der Waals surface area contributed by atoms with Crippen molar-refractivity contribution in [1.29, 1.82) is 5.26 Å². The largest absolute Gasteiger partial charge is 0.491 e. The molecule has 2 atom stereocenters. The van der Waals surface area contributed by atoms with Gasteiger partial charge in [0.25, 0.3) is 0 Å². The molecule has 2 aromatic rings. The number of nitrogens with zero attached hydrogens (tertiary/aromatic N) is 4. The fourth-order valence-electron chi connectivity index (χ4n) is 5.37. The normalized spacial score (nSPS) is 22.6. The van der Waals surface area contributed by atoms with Gasteiger partial charge in [0.2, 0.25) is 5.91 Å². The number of rotatable bonds is 10. The molecule has 0 bridgehead atoms. The van der Waals surface area contributed by atoms with E-state index in [-0.39, 0.29) is 34.8 Å². The molecule has 1 amide bonds. The Hall–Kier alpha value is -2.85. The van der Waals surface area contributed by atoms with E-state index in [2.05, 4.69) is 11.4 Å². The fourth-order valence-corrected chi connectivity index (χ4v) is 7.61. The Bertz CT molecular complexity index is 1400. The zero-order valence-electron chi connectivity index (χ0n) is 22.6. The third-order valence-corrected chi connectivity index (χ3v) is 10.4. The van der Waals surface area contributed by atoms with Gasteiger partial charge in [0.05, 0.1) is 39.6 Å². The molecule has 0 spiro atoms. The number of methoxy groups -OCH3 is 1. The predicted octanol–water partition coefficient (Wildman–Crippen LogP) is 2.82. The quantitative estimate of drug-likeness (QED) is 0.414. The lowest BCUT2D eigenvalue weighted by Crippen LogP contribution is -2.48. The number of carbonyl (C=O) groups excluding carboxylic acids is 1. The molecule has 1 saturated carbocycles. The maximum absolute atomic E-state index is 13.9. The van der Waals surface area contributed by atoms with Crippen molar-refractivity contribution < 1.29 is 27.4 Å². The molecule has 3 heterocycles. The number of halogens is 1. The summed E-state index contributed by atoms with van der Waals surface area (Å²) in [5.74, 6) is 0.771. The van der Waals surface area contributed by atoms with Crippen molar-refractivity contribution in [3.05, 3.63) is 35.0 Å². The summed E-state index contributed by atoms with van der Waals surface area (Å²) in [6.07, 6.45) is 2.75. The maximum Gasteiger partial charge on any atom is 0.244 e. The number of ether oxygens (including phenoxy) is 3. The second-order valence-corrected chi connectivity index (χ2v) is 13.2. The van der Waals surface area contributed by atoms with Crippen molar-refractivity contribution in [2.75, 3.05) is 45.0 Å². The van der Waals surface area contributed by atoms with Crippen LogP contribution in [0.4, 0.5) is 5.82 Å². The van der Waals surface area contributed by atoms with Crippen LogP contribution in [0.1, 0.15) is 43.8 Å². The third-order valence-electron chi connectivity index (χ3n) is 7.77. The second kappa shape index (κ2) is 11.6. The molecule has 3 fully saturated rings. The van der Waals surface area contributed by atoms with Gasteiger partial charge in [-0.05, 0) is 51.2 Å². The van der Waals surface area contributed by atoms with Crippen molar-refractivity contribution in [2.24, 2.45) is 0 Å². The topological polar surface area (TPSA) is 136 Å². The molecule has 40 heavy (non-hydrogen) atoms. The Labute approximate surface area is 239 Å². The Morgan fingerprint density at radius 1 is 1.27 bits per heavy atom. The number of carbonyl (C=O) groups is 1. The summed E-state index contributed by atoms with van der Waals surface area (Å²) in [4.78, 5) is 15.4. The summed E-state index contributed by atoms with van der Waals surface area (Å²) in [6.45, 7) is 3.87. The monoisotopic (exact) mass is 591 g/mol. The van der Waals surface area contributed by atoms with Crippen LogP contribution in [-0.2, 0) is 24.1 Å². The molecule has 13 heteroatoms. The summed E-state index contributed by atoms with van der Waals surface area (Å²) in [5, 5.41) is 16.3. The molecule has 216 valence electrons. The summed E-state index contributed by atoms with van der Waals surface area (Å²) >= 11 is 6.46. The molecule has 0 radical (unpaired) electrons. The summed E-state index contributed by atoms with van der Waals surface area (Å²) in [7, 11) is -2.37. The molecule has 5 rings (SSSR count). The van der Waals surface area contributed by atoms with Crippen molar-refractivity contribution in [3.8, 4) is 11.8 Å². The first-order valence-corrected chi connectivity index (χ1v) is 15.4. The fraction of sp³-hybridized carbons (Fsp3) is 0.593. The van der Waals surface area contributed by atoms with Gasteiger partial charge in [0, 0.05) is 39.0 Å². The van der Waals surface area contributed by atoms with Crippen LogP contribution in [0, 0.1) is 18.3 Å². The molecule has 1 aromatic carbocycles. The Balaban J connectivity index is 1.45. The van der Waals surface area contributed by atoms with E-state index in [4.69, 9.17) is 30.9 Å². The van der Waals surface area contributed by atoms with Crippen LogP contribution < -0.4 is 15.0 Å². The van der Waals surface area contributed by atoms with E-state index in [1.807, 2.05) is 22.6 Å². The molecule has 0 unspecified atom stereocenters. The van der Waals surface area contributed by atoms with E-state index >= 15 is 0 Å². The average Bonchev–Trinajstić information content (AvgIpc) is 3.37. The lowest BCUT2D eigenvalue weighted by Gasteiger charge is -2.30. The van der Waals surface area contributed by atoms with Crippen molar-refractivity contribution in [1.82, 2.24) is 15.1 Å². The van der Waals surface area contributed by atoms with Crippen LogP contribution in [0.3, 0.4) is 0 Å². The first-order valence-electron chi connectivity index (χ1n) is 13.5. The maximum atomic E-state index is 13.9. The smallest absolute Gasteiger partial charge is 0.244 e. The minimum atomic E-state index is -3.93. The van der Waals surface area contributed by atoms with Gasteiger partial charge < -0.3 is 24.4 Å². The van der Waals surface area contributed by atoms with Crippen LogP contribution in [0.5, 0.6) is 5.75 Å². The van der Waals surface area contributed by atoms with Crippen LogP contribution in [-0.4, -0.2) is 81.0 Å². The van der Waals surface area contributed by atoms with Crippen LogP contribution >= 0.6 is 11.6 Å². The van der Waals surface area contributed by atoms with Crippen molar-refractivity contribution >= 4 is 33.2 Å². The van der Waals surface area contributed by atoms with Gasteiger partial charge in [-0.1, -0.05) is 11.6 Å². The summed E-state index contributed by atoms with van der Waals surface area (Å²) < 4.78 is 45.8. The number of benzene rings is 1. The zero-order valence-corrected chi connectivity index (χ0v) is 24.2. The van der Waals surface area contributed by atoms with Gasteiger partial charge in [-0.25, -0.2) is 13.1 Å². The van der Waals surface area contributed by atoms with Gasteiger partial charge >= 0.3 is 0 Å². The van der Waals surface area contributed by atoms with Crippen molar-refractivity contribution in [2.45, 2.75) is 66.8 Å². The van der Waals surface area contributed by atoms with Gasteiger partial charge in [-0.2, -0.15) is 10.4 Å². The number of hydrogen-bond acceptors (Lipinski definition) is 9. The highest BCUT2D eigenvalue weighted by atomic mass is 35.5. The van der Waals surface area contributed by atoms with E-state index < -0.39 is 26.7 Å². The lowest BCUT2D eigenvalue weighted by atomic mass is 10.1. The number of hydrogen-bond donors (Lipinski definition) is 1. The minimum Gasteiger partial charge on any atom is -0.491 e. The highest BCUT2D eigenvalue weighted by molar-refractivity contribution is 7.92. The minimum absolute atomic E-state index is 0.0101. The Kier molecular flexibility index (Phi) is 8.29. The van der Waals surface area contributed by atoms with E-state index in [0.29, 0.717) is 50.8 Å². The number of nitrogens with one attached hydrogen (secondary N) is 1. The Morgan fingerprint density at radius 3 is 2.67 bits per heavy atom. The lowest BCUT2D eigenvalue weighted by molar-refractivity contribution is -0.122. The number of anilines is 1. The third kappa shape index (κ3) is 5.79. The van der Waals surface area contributed by atoms with Crippen molar-refractivity contribution in [3.63, 3.8) is 0 Å². The average molecular weight is 592 g/mol. The number of aryl methyl sites for hydroxylation is 1. The van der Waals surface area contributed by atoms with Crippen LogP contribution in [0.15, 0.2) is 29.2 Å². The molecular formula is C27H34ClN5O6S. The van der Waals surface area contributed by atoms with E-state index in [1.54, 1.807) is 13.2 Å². The van der Waals surface area contributed by atoms with E-state index in [1.165, 1.54) is 12.1 Å². The standard InChI is InChI=1S/C27H34ClN5O6S/c1-18-13-25(33(31-18)19-5-9-38-10-6-19)32-16-21(15-23(32)26(34)30-27(17-29)7-8-27)40(35,36)24-4-3-20(14-22(24)28)39-12-11-37-2/h3-4,13-14,19,21,23H,5-12,15-16H2,1-2H3,(H,30,34)/t21-,23+/m1/s1. The Morgan fingerprint density at radius 2 is 2.02 bits per heavy atom. The molecule has 3 aliphatic rings. The first-order chi connectivity index (χ1) is 19.2. The van der Waals surface area contributed by atoms with Gasteiger partial charge in [0.15, 0.2) is 9.84 Å². The molecular weight excluding hydrogens is 558 g/mol. The van der Waals surface area contributed by atoms with Gasteiger partial charge in [0.1, 0.15) is 29.8 Å². The SMILES string of the molecule is COCCOc1ccc(S(=O)(=O)[C@@H]2C[C@@H](C(=O)NC3(C#N)CC3)N(c3cc(C)nn3C3CCOCC3)C2)c(Cl)c1. The highest BCUT2D eigenvalue weighted by Crippen LogP contribution is 2.39. The summed E-state index contributed by atoms with van der Waals surface area (Å²) in [6, 6.07) is 7.85. The molecule has 2 aliphatic heterocycles. The number of aromatic nitrogens is 2. The van der Waals surface area contributed by atoms with Crippen LogP contribution in [0.25, 0.3) is 0 Å². The molecule has 1 aromatic heterocycles.